The van der Waals surface area contributed by atoms with Crippen LogP contribution in [0.3, 0.4) is 0 Å². The quantitative estimate of drug-likeness (QED) is 0.474. The summed E-state index contributed by atoms with van der Waals surface area (Å²) in [7, 11) is -2.49. The number of hydrogen-bond donors (Lipinski definition) is 3. The van der Waals surface area contributed by atoms with E-state index in [1.807, 2.05) is 10.8 Å². The first kappa shape index (κ1) is 23.3. The Morgan fingerprint density at radius 1 is 1.23 bits per heavy atom. The monoisotopic (exact) mass is 501 g/mol. The normalized spacial score (nSPS) is 17.0. The van der Waals surface area contributed by atoms with Crippen LogP contribution in [0.5, 0.6) is 5.75 Å². The number of nitrogens with zero attached hydrogens (tertiary/aromatic N) is 2. The summed E-state index contributed by atoms with van der Waals surface area (Å²) in [5.41, 5.74) is 3.69. The first-order chi connectivity index (χ1) is 16.8. The van der Waals surface area contributed by atoms with Crippen molar-refractivity contribution in [2.24, 2.45) is 0 Å². The highest BCUT2D eigenvalue weighted by Gasteiger charge is 2.29. The Hall–Kier alpha value is -3.48. The third-order valence-corrected chi connectivity index (χ3v) is 7.51. The standard InChI is InChI=1S/C23H24FN5O5S/c1-33-21-3-2-15(24)10-18(21)17-4-7-26-22-19(17)11-20(27-22)14-5-8-29(9-6-14)35(31,32)28-23(30)34-16-12-25-13-16/h2-5,7,10-11,16,25H,6,8-9,12-13H2,1H3,(H,26,27)(H,28,30). The number of rotatable bonds is 6. The Kier molecular flexibility index (Phi) is 6.17. The fourth-order valence-corrected chi connectivity index (χ4v) is 5.12. The van der Waals surface area contributed by atoms with Gasteiger partial charge in [0.25, 0.3) is 0 Å². The zero-order chi connectivity index (χ0) is 24.6. The Balaban J connectivity index is 1.36. The van der Waals surface area contributed by atoms with Gasteiger partial charge >= 0.3 is 16.3 Å². The van der Waals surface area contributed by atoms with E-state index < -0.39 is 16.3 Å². The molecule has 4 heterocycles. The topological polar surface area (TPSA) is 126 Å². The van der Waals surface area contributed by atoms with Crippen molar-refractivity contribution in [3.05, 3.63) is 54.1 Å². The van der Waals surface area contributed by atoms with Crippen molar-refractivity contribution in [1.82, 2.24) is 24.3 Å². The largest absolute Gasteiger partial charge is 0.496 e. The molecule has 2 aliphatic rings. The van der Waals surface area contributed by atoms with E-state index in [0.717, 1.165) is 22.2 Å². The van der Waals surface area contributed by atoms with Gasteiger partial charge in [0.15, 0.2) is 0 Å². The van der Waals surface area contributed by atoms with Gasteiger partial charge in [0, 0.05) is 49.0 Å². The number of carbonyl (C=O) groups is 1. The Bertz CT molecular complexity index is 1420. The van der Waals surface area contributed by atoms with Crippen molar-refractivity contribution >= 4 is 32.9 Å². The summed E-state index contributed by atoms with van der Waals surface area (Å²) in [5.74, 6) is 0.165. The first-order valence-electron chi connectivity index (χ1n) is 11.0. The van der Waals surface area contributed by atoms with E-state index in [0.29, 0.717) is 36.5 Å². The van der Waals surface area contributed by atoms with E-state index in [1.54, 1.807) is 24.4 Å². The van der Waals surface area contributed by atoms with Crippen LogP contribution < -0.4 is 14.8 Å². The average molecular weight is 502 g/mol. The van der Waals surface area contributed by atoms with Gasteiger partial charge in [-0.1, -0.05) is 6.08 Å². The second-order valence-electron chi connectivity index (χ2n) is 8.28. The lowest BCUT2D eigenvalue weighted by Crippen LogP contribution is -2.52. The SMILES string of the molecule is COc1ccc(F)cc1-c1ccnc2[nH]c(C3=CCN(S(=O)(=O)NC(=O)OC4CNC4)CC3)cc12. The highest BCUT2D eigenvalue weighted by Crippen LogP contribution is 2.36. The molecule has 0 radical (unpaired) electrons. The lowest BCUT2D eigenvalue weighted by molar-refractivity contribution is 0.0711. The number of H-pyrrole nitrogens is 1. The number of methoxy groups -OCH3 is 1. The number of aromatic nitrogens is 2. The number of benzene rings is 1. The molecule has 1 amide bonds. The zero-order valence-electron chi connectivity index (χ0n) is 18.9. The number of aromatic amines is 1. The molecule has 0 spiro atoms. The van der Waals surface area contributed by atoms with Crippen LogP contribution in [-0.4, -0.2) is 68.2 Å². The van der Waals surface area contributed by atoms with Gasteiger partial charge in [0.1, 0.15) is 23.3 Å². The van der Waals surface area contributed by atoms with Crippen LogP contribution >= 0.6 is 0 Å². The molecule has 0 atom stereocenters. The Morgan fingerprint density at radius 2 is 2.06 bits per heavy atom. The summed E-state index contributed by atoms with van der Waals surface area (Å²) in [6.07, 6.45) is 2.56. The molecule has 0 bridgehead atoms. The first-order valence-corrected chi connectivity index (χ1v) is 12.5. The predicted octanol–water partition coefficient (Wildman–Crippen LogP) is 2.41. The minimum atomic E-state index is -4.03. The van der Waals surface area contributed by atoms with Crippen LogP contribution in [0.25, 0.3) is 27.7 Å². The van der Waals surface area contributed by atoms with E-state index in [9.17, 15) is 17.6 Å². The lowest BCUT2D eigenvalue weighted by atomic mass is 10.0. The molecular formula is C23H24FN5O5S. The molecule has 3 N–H and O–H groups in total. The average Bonchev–Trinajstić information content (AvgIpc) is 3.26. The number of fused-ring (bicyclic) bond motifs is 1. The highest BCUT2D eigenvalue weighted by atomic mass is 32.2. The summed E-state index contributed by atoms with van der Waals surface area (Å²) >= 11 is 0. The molecule has 184 valence electrons. The van der Waals surface area contributed by atoms with Crippen molar-refractivity contribution in [3.63, 3.8) is 0 Å². The van der Waals surface area contributed by atoms with Gasteiger partial charge < -0.3 is 19.8 Å². The number of amides is 1. The minimum absolute atomic E-state index is 0.0936. The van der Waals surface area contributed by atoms with E-state index in [2.05, 4.69) is 15.3 Å². The fourth-order valence-electron chi connectivity index (χ4n) is 4.13. The summed E-state index contributed by atoms with van der Waals surface area (Å²) in [6.45, 7) is 1.30. The maximum Gasteiger partial charge on any atom is 0.422 e. The van der Waals surface area contributed by atoms with Crippen LogP contribution in [0, 0.1) is 5.82 Å². The molecule has 12 heteroatoms. The second-order valence-corrected chi connectivity index (χ2v) is 9.95. The maximum absolute atomic E-state index is 14.0. The van der Waals surface area contributed by atoms with Gasteiger partial charge in [-0.05, 0) is 47.9 Å². The number of halogens is 1. The number of nitrogens with one attached hydrogen (secondary N) is 3. The number of hydrogen-bond acceptors (Lipinski definition) is 7. The molecule has 3 aromatic rings. The third kappa shape index (κ3) is 4.72. The minimum Gasteiger partial charge on any atom is -0.496 e. The van der Waals surface area contributed by atoms with Crippen LogP contribution in [0.2, 0.25) is 0 Å². The van der Waals surface area contributed by atoms with E-state index >= 15 is 0 Å². The van der Waals surface area contributed by atoms with Crippen molar-refractivity contribution in [3.8, 4) is 16.9 Å². The molecule has 35 heavy (non-hydrogen) atoms. The predicted molar refractivity (Wildman–Crippen MR) is 127 cm³/mol. The van der Waals surface area contributed by atoms with Crippen molar-refractivity contribution < 1.29 is 27.1 Å². The highest BCUT2D eigenvalue weighted by molar-refractivity contribution is 7.87. The Morgan fingerprint density at radius 3 is 2.74 bits per heavy atom. The van der Waals surface area contributed by atoms with Crippen LogP contribution in [-0.2, 0) is 14.9 Å². The van der Waals surface area contributed by atoms with Gasteiger partial charge in [-0.15, -0.1) is 0 Å². The molecule has 1 saturated heterocycles. The van der Waals surface area contributed by atoms with Gasteiger partial charge in [-0.3, -0.25) is 0 Å². The maximum atomic E-state index is 14.0. The van der Waals surface area contributed by atoms with Gasteiger partial charge in [0.2, 0.25) is 0 Å². The lowest BCUT2D eigenvalue weighted by Gasteiger charge is -2.28. The van der Waals surface area contributed by atoms with Gasteiger partial charge in [0.05, 0.1) is 7.11 Å². The molecule has 2 aromatic heterocycles. The molecular weight excluding hydrogens is 477 g/mol. The van der Waals surface area contributed by atoms with Crippen molar-refractivity contribution in [2.45, 2.75) is 12.5 Å². The summed E-state index contributed by atoms with van der Waals surface area (Å²) in [6, 6.07) is 8.05. The smallest absolute Gasteiger partial charge is 0.422 e. The second kappa shape index (κ2) is 9.29. The number of ether oxygens (including phenoxy) is 2. The third-order valence-electron chi connectivity index (χ3n) is 6.07. The molecule has 10 nitrogen and oxygen atoms in total. The Labute approximate surface area is 201 Å². The van der Waals surface area contributed by atoms with Gasteiger partial charge in [-0.25, -0.2) is 18.9 Å². The molecule has 1 fully saturated rings. The summed E-state index contributed by atoms with van der Waals surface area (Å²) < 4.78 is 52.7. The van der Waals surface area contributed by atoms with Crippen molar-refractivity contribution in [1.29, 1.82) is 0 Å². The molecule has 2 aliphatic heterocycles. The van der Waals surface area contributed by atoms with Crippen molar-refractivity contribution in [2.75, 3.05) is 33.3 Å². The summed E-state index contributed by atoms with van der Waals surface area (Å²) in [5, 5.41) is 3.73. The van der Waals surface area contributed by atoms with E-state index in [1.165, 1.54) is 23.5 Å². The fraction of sp³-hybridized carbons (Fsp3) is 0.304. The van der Waals surface area contributed by atoms with Gasteiger partial charge in [-0.2, -0.15) is 12.7 Å². The molecule has 0 aliphatic carbocycles. The zero-order valence-corrected chi connectivity index (χ0v) is 19.7. The molecule has 5 rings (SSSR count). The van der Waals surface area contributed by atoms with Crippen LogP contribution in [0.4, 0.5) is 9.18 Å². The van der Waals surface area contributed by atoms with E-state index in [4.69, 9.17) is 9.47 Å². The van der Waals surface area contributed by atoms with Crippen LogP contribution in [0.15, 0.2) is 42.6 Å². The summed E-state index contributed by atoms with van der Waals surface area (Å²) in [4.78, 5) is 19.5. The number of pyridine rings is 1. The molecule has 1 aromatic carbocycles. The van der Waals surface area contributed by atoms with E-state index in [-0.39, 0.29) is 25.0 Å². The van der Waals surface area contributed by atoms with Crippen LogP contribution in [0.1, 0.15) is 12.1 Å². The molecule has 0 saturated carbocycles. The molecule has 0 unspecified atom stereocenters. The number of carbonyl (C=O) groups excluding carboxylic acids is 1.